The molecule has 132 valence electrons. The van der Waals surface area contributed by atoms with Gasteiger partial charge in [0.1, 0.15) is 12.1 Å². The third-order valence-corrected chi connectivity index (χ3v) is 4.38. The Morgan fingerprint density at radius 3 is 2.54 bits per heavy atom. The van der Waals surface area contributed by atoms with Crippen LogP contribution < -0.4 is 10.7 Å². The van der Waals surface area contributed by atoms with E-state index >= 15 is 0 Å². The zero-order valence-corrected chi connectivity index (χ0v) is 15.2. The standard InChI is InChI=1S/C19H15BrN2O4/c20-13-6-7-16-14(8-13)18(25)15(19(26)21-9-17(23)24)11-22(16)10-12-4-2-1-3-5-12/h1-8,11H,9-10H2,(H,21,26)(H,23,24). The summed E-state index contributed by atoms with van der Waals surface area (Å²) in [6, 6.07) is 14.9. The van der Waals surface area contributed by atoms with Crippen LogP contribution >= 0.6 is 15.9 Å². The second-order valence-electron chi connectivity index (χ2n) is 5.72. The van der Waals surface area contributed by atoms with E-state index in [2.05, 4.69) is 21.2 Å². The fourth-order valence-electron chi connectivity index (χ4n) is 2.69. The largest absolute Gasteiger partial charge is 0.480 e. The van der Waals surface area contributed by atoms with Crippen LogP contribution in [0.5, 0.6) is 0 Å². The van der Waals surface area contributed by atoms with Crippen LogP contribution in [0, 0.1) is 0 Å². The van der Waals surface area contributed by atoms with Crippen molar-refractivity contribution < 1.29 is 14.7 Å². The molecule has 0 aliphatic rings. The number of carboxylic acids is 1. The summed E-state index contributed by atoms with van der Waals surface area (Å²) >= 11 is 3.34. The summed E-state index contributed by atoms with van der Waals surface area (Å²) in [5.74, 6) is -1.88. The van der Waals surface area contributed by atoms with E-state index in [1.807, 2.05) is 47.0 Å². The van der Waals surface area contributed by atoms with Crippen molar-refractivity contribution in [3.63, 3.8) is 0 Å². The zero-order chi connectivity index (χ0) is 18.7. The number of amides is 1. The first-order valence-electron chi connectivity index (χ1n) is 7.82. The molecule has 26 heavy (non-hydrogen) atoms. The molecule has 0 aliphatic carbocycles. The molecule has 1 heterocycles. The Hall–Kier alpha value is -2.93. The van der Waals surface area contributed by atoms with Gasteiger partial charge >= 0.3 is 5.97 Å². The number of rotatable bonds is 5. The second kappa shape index (κ2) is 7.53. The maximum Gasteiger partial charge on any atom is 0.322 e. The predicted octanol–water partition coefficient (Wildman–Crippen LogP) is 2.63. The minimum Gasteiger partial charge on any atom is -0.480 e. The van der Waals surface area contributed by atoms with Crippen molar-refractivity contribution >= 4 is 38.7 Å². The number of fused-ring (bicyclic) bond motifs is 1. The van der Waals surface area contributed by atoms with Crippen molar-refractivity contribution in [3.05, 3.63) is 80.6 Å². The third kappa shape index (κ3) is 3.83. The SMILES string of the molecule is O=C(O)CNC(=O)c1cn(Cc2ccccc2)c2ccc(Br)cc2c1=O. The van der Waals surface area contributed by atoms with Gasteiger partial charge in [0.2, 0.25) is 5.43 Å². The maximum atomic E-state index is 12.7. The van der Waals surface area contributed by atoms with Gasteiger partial charge in [-0.1, -0.05) is 46.3 Å². The highest BCUT2D eigenvalue weighted by molar-refractivity contribution is 9.10. The average Bonchev–Trinajstić information content (AvgIpc) is 2.63. The van der Waals surface area contributed by atoms with Crippen molar-refractivity contribution in [2.45, 2.75) is 6.54 Å². The van der Waals surface area contributed by atoms with Crippen LogP contribution in [0.25, 0.3) is 10.9 Å². The normalized spacial score (nSPS) is 10.7. The van der Waals surface area contributed by atoms with Crippen LogP contribution in [0.15, 0.2) is 64.0 Å². The molecule has 0 saturated heterocycles. The van der Waals surface area contributed by atoms with Gasteiger partial charge in [-0.15, -0.1) is 0 Å². The molecule has 0 spiro atoms. The minimum absolute atomic E-state index is 0.0900. The van der Waals surface area contributed by atoms with Gasteiger partial charge in [0.15, 0.2) is 0 Å². The number of hydrogen-bond donors (Lipinski definition) is 2. The Balaban J connectivity index is 2.13. The minimum atomic E-state index is -1.17. The molecule has 0 fully saturated rings. The lowest BCUT2D eigenvalue weighted by atomic mass is 10.1. The van der Waals surface area contributed by atoms with Crippen LogP contribution in [0.3, 0.4) is 0 Å². The lowest BCUT2D eigenvalue weighted by Crippen LogP contribution is -2.33. The van der Waals surface area contributed by atoms with Crippen LogP contribution in [0.4, 0.5) is 0 Å². The number of carboxylic acid groups (broad SMARTS) is 1. The number of carbonyl (C=O) groups excluding carboxylic acids is 1. The lowest BCUT2D eigenvalue weighted by molar-refractivity contribution is -0.135. The first-order chi connectivity index (χ1) is 12.5. The van der Waals surface area contributed by atoms with Crippen LogP contribution in [0.2, 0.25) is 0 Å². The Kier molecular flexibility index (Phi) is 5.18. The van der Waals surface area contributed by atoms with E-state index in [0.717, 1.165) is 10.0 Å². The molecule has 1 aromatic heterocycles. The number of benzene rings is 2. The Morgan fingerprint density at radius 1 is 1.12 bits per heavy atom. The fraction of sp³-hybridized carbons (Fsp3) is 0.105. The number of pyridine rings is 1. The quantitative estimate of drug-likeness (QED) is 0.671. The topological polar surface area (TPSA) is 88.4 Å². The smallest absolute Gasteiger partial charge is 0.322 e. The van der Waals surface area contributed by atoms with E-state index < -0.39 is 23.9 Å². The lowest BCUT2D eigenvalue weighted by Gasteiger charge is -2.14. The molecule has 0 aliphatic heterocycles. The van der Waals surface area contributed by atoms with E-state index in [1.54, 1.807) is 6.07 Å². The van der Waals surface area contributed by atoms with E-state index in [4.69, 9.17) is 5.11 Å². The molecule has 7 heteroatoms. The van der Waals surface area contributed by atoms with E-state index in [0.29, 0.717) is 17.4 Å². The highest BCUT2D eigenvalue weighted by Crippen LogP contribution is 2.19. The van der Waals surface area contributed by atoms with Crippen LogP contribution in [0.1, 0.15) is 15.9 Å². The average molecular weight is 415 g/mol. The third-order valence-electron chi connectivity index (χ3n) is 3.88. The number of aromatic nitrogens is 1. The van der Waals surface area contributed by atoms with Gasteiger partial charge in [-0.2, -0.15) is 0 Å². The summed E-state index contributed by atoms with van der Waals surface area (Å²) in [4.78, 5) is 35.7. The van der Waals surface area contributed by atoms with Gasteiger partial charge < -0.3 is 15.0 Å². The van der Waals surface area contributed by atoms with Crippen molar-refractivity contribution in [1.29, 1.82) is 0 Å². The van der Waals surface area contributed by atoms with Crippen molar-refractivity contribution in [3.8, 4) is 0 Å². The number of hydrogen-bond acceptors (Lipinski definition) is 3. The summed E-state index contributed by atoms with van der Waals surface area (Å²) < 4.78 is 2.53. The summed E-state index contributed by atoms with van der Waals surface area (Å²) in [6.07, 6.45) is 1.47. The van der Waals surface area contributed by atoms with Gasteiger partial charge in [0, 0.05) is 22.6 Å². The summed E-state index contributed by atoms with van der Waals surface area (Å²) in [6.45, 7) is -0.0774. The van der Waals surface area contributed by atoms with Gasteiger partial charge in [0.25, 0.3) is 5.91 Å². The molecule has 3 aromatic rings. The molecule has 2 N–H and O–H groups in total. The first-order valence-corrected chi connectivity index (χ1v) is 8.61. The molecular formula is C19H15BrN2O4. The molecule has 1 amide bonds. The molecule has 0 radical (unpaired) electrons. The van der Waals surface area contributed by atoms with Crippen LogP contribution in [-0.2, 0) is 11.3 Å². The van der Waals surface area contributed by atoms with Crippen molar-refractivity contribution in [2.75, 3.05) is 6.54 Å². The predicted molar refractivity (Wildman–Crippen MR) is 101 cm³/mol. The van der Waals surface area contributed by atoms with Crippen molar-refractivity contribution in [1.82, 2.24) is 9.88 Å². The van der Waals surface area contributed by atoms with E-state index in [9.17, 15) is 14.4 Å². The number of halogens is 1. The van der Waals surface area contributed by atoms with E-state index in [1.165, 1.54) is 6.20 Å². The molecule has 0 bridgehead atoms. The highest BCUT2D eigenvalue weighted by Gasteiger charge is 2.16. The van der Waals surface area contributed by atoms with E-state index in [-0.39, 0.29) is 5.56 Å². The highest BCUT2D eigenvalue weighted by atomic mass is 79.9. The van der Waals surface area contributed by atoms with Gasteiger partial charge in [-0.25, -0.2) is 0 Å². The Morgan fingerprint density at radius 2 is 1.85 bits per heavy atom. The zero-order valence-electron chi connectivity index (χ0n) is 13.6. The molecule has 0 atom stereocenters. The summed E-state index contributed by atoms with van der Waals surface area (Å²) in [5, 5.41) is 11.4. The molecule has 6 nitrogen and oxygen atoms in total. The number of nitrogens with one attached hydrogen (secondary N) is 1. The monoisotopic (exact) mass is 414 g/mol. The number of nitrogens with zero attached hydrogens (tertiary/aromatic N) is 1. The number of carbonyl (C=O) groups is 2. The number of aliphatic carboxylic acids is 1. The van der Waals surface area contributed by atoms with Crippen molar-refractivity contribution in [2.24, 2.45) is 0 Å². The maximum absolute atomic E-state index is 12.7. The summed E-state index contributed by atoms with van der Waals surface area (Å²) in [7, 11) is 0. The van der Waals surface area contributed by atoms with Gasteiger partial charge in [-0.3, -0.25) is 14.4 Å². The molecular weight excluding hydrogens is 400 g/mol. The summed E-state index contributed by atoms with van der Waals surface area (Å²) in [5.41, 5.74) is 1.18. The molecule has 0 unspecified atom stereocenters. The molecule has 0 saturated carbocycles. The van der Waals surface area contributed by atoms with Crippen LogP contribution in [-0.4, -0.2) is 28.1 Å². The molecule has 2 aromatic carbocycles. The first kappa shape index (κ1) is 17.9. The van der Waals surface area contributed by atoms with Gasteiger partial charge in [-0.05, 0) is 23.8 Å². The Bertz CT molecular complexity index is 1040. The molecule has 3 rings (SSSR count). The second-order valence-corrected chi connectivity index (χ2v) is 6.64. The fourth-order valence-corrected chi connectivity index (χ4v) is 3.05. The Labute approximate surface area is 157 Å². The van der Waals surface area contributed by atoms with Gasteiger partial charge in [0.05, 0.1) is 5.52 Å².